The van der Waals surface area contributed by atoms with Crippen LogP contribution in [0.15, 0.2) is 23.5 Å². The van der Waals surface area contributed by atoms with Gasteiger partial charge in [0.05, 0.1) is 15.9 Å². The molecular formula is C7H4ClN3O. The van der Waals surface area contributed by atoms with E-state index in [2.05, 4.69) is 15.0 Å². The van der Waals surface area contributed by atoms with Gasteiger partial charge < -0.3 is 4.98 Å². The molecular weight excluding hydrogens is 178 g/mol. The molecule has 0 amide bonds. The van der Waals surface area contributed by atoms with Gasteiger partial charge in [-0.05, 0) is 0 Å². The average molecular weight is 182 g/mol. The lowest BCUT2D eigenvalue weighted by Crippen LogP contribution is -2.06. The number of nitrogens with zero attached hydrogens (tertiary/aromatic N) is 2. The van der Waals surface area contributed by atoms with Gasteiger partial charge in [0.15, 0.2) is 0 Å². The van der Waals surface area contributed by atoms with Crippen LogP contribution in [-0.2, 0) is 0 Å². The molecule has 12 heavy (non-hydrogen) atoms. The SMILES string of the molecule is O=c1[nH]cc(Cl)c2ncncc12. The quantitative estimate of drug-likeness (QED) is 0.659. The Hall–Kier alpha value is -1.42. The number of pyridine rings is 1. The zero-order chi connectivity index (χ0) is 8.55. The lowest BCUT2D eigenvalue weighted by molar-refractivity contribution is 1.19. The van der Waals surface area contributed by atoms with E-state index in [4.69, 9.17) is 11.6 Å². The van der Waals surface area contributed by atoms with E-state index in [0.29, 0.717) is 15.9 Å². The Balaban J connectivity index is 3.05. The molecule has 0 aliphatic carbocycles. The van der Waals surface area contributed by atoms with Crippen molar-refractivity contribution in [3.05, 3.63) is 34.1 Å². The number of aromatic amines is 1. The number of hydrogen-bond donors (Lipinski definition) is 1. The zero-order valence-corrected chi connectivity index (χ0v) is 6.67. The minimum Gasteiger partial charge on any atom is -0.327 e. The van der Waals surface area contributed by atoms with E-state index in [1.165, 1.54) is 18.7 Å². The predicted molar refractivity (Wildman–Crippen MR) is 45.2 cm³/mol. The lowest BCUT2D eigenvalue weighted by atomic mass is 10.3. The van der Waals surface area contributed by atoms with Crippen molar-refractivity contribution in [1.29, 1.82) is 0 Å². The summed E-state index contributed by atoms with van der Waals surface area (Å²) in [7, 11) is 0. The number of halogens is 1. The van der Waals surface area contributed by atoms with Gasteiger partial charge >= 0.3 is 0 Å². The normalized spacial score (nSPS) is 10.4. The van der Waals surface area contributed by atoms with E-state index in [1.807, 2.05) is 0 Å². The van der Waals surface area contributed by atoms with Crippen LogP contribution in [0.2, 0.25) is 5.02 Å². The van der Waals surface area contributed by atoms with E-state index >= 15 is 0 Å². The molecule has 0 spiro atoms. The third kappa shape index (κ3) is 0.967. The molecule has 0 fully saturated rings. The Morgan fingerprint density at radius 1 is 1.50 bits per heavy atom. The second-order valence-electron chi connectivity index (χ2n) is 2.25. The first-order valence-electron chi connectivity index (χ1n) is 3.26. The third-order valence-corrected chi connectivity index (χ3v) is 1.80. The minimum absolute atomic E-state index is 0.227. The van der Waals surface area contributed by atoms with Gasteiger partial charge in [-0.1, -0.05) is 11.6 Å². The van der Waals surface area contributed by atoms with Gasteiger partial charge in [0.2, 0.25) is 0 Å². The number of aromatic nitrogens is 3. The highest BCUT2D eigenvalue weighted by Gasteiger charge is 2.02. The number of hydrogen-bond acceptors (Lipinski definition) is 3. The molecule has 0 aliphatic heterocycles. The van der Waals surface area contributed by atoms with E-state index < -0.39 is 0 Å². The van der Waals surface area contributed by atoms with Crippen molar-refractivity contribution in [3.63, 3.8) is 0 Å². The highest BCUT2D eigenvalue weighted by atomic mass is 35.5. The van der Waals surface area contributed by atoms with Crippen LogP contribution < -0.4 is 5.56 Å². The molecule has 0 unspecified atom stereocenters. The van der Waals surface area contributed by atoms with Crippen LogP contribution in [0.3, 0.4) is 0 Å². The molecule has 60 valence electrons. The van der Waals surface area contributed by atoms with Gasteiger partial charge in [0.1, 0.15) is 6.33 Å². The predicted octanol–water partition coefficient (Wildman–Crippen LogP) is 0.971. The molecule has 0 bridgehead atoms. The maximum absolute atomic E-state index is 11.1. The van der Waals surface area contributed by atoms with Crippen molar-refractivity contribution < 1.29 is 0 Å². The van der Waals surface area contributed by atoms with E-state index in [9.17, 15) is 4.79 Å². The Kier molecular flexibility index (Phi) is 1.55. The van der Waals surface area contributed by atoms with E-state index in [0.717, 1.165) is 0 Å². The standard InChI is InChI=1S/C7H4ClN3O/c8-5-2-10-7(12)4-1-9-3-11-6(4)5/h1-3H,(H,10,12). The molecule has 5 heteroatoms. The average Bonchev–Trinajstić information content (AvgIpc) is 2.12. The van der Waals surface area contributed by atoms with Gasteiger partial charge in [-0.25, -0.2) is 9.97 Å². The first-order valence-corrected chi connectivity index (χ1v) is 3.64. The Labute approximate surface area is 72.2 Å². The first-order chi connectivity index (χ1) is 5.79. The fourth-order valence-electron chi connectivity index (χ4n) is 0.961. The summed E-state index contributed by atoms with van der Waals surface area (Å²) in [5.41, 5.74) is 0.255. The second-order valence-corrected chi connectivity index (χ2v) is 2.66. The summed E-state index contributed by atoms with van der Waals surface area (Å²) in [6.45, 7) is 0. The summed E-state index contributed by atoms with van der Waals surface area (Å²) in [4.78, 5) is 21.2. The van der Waals surface area contributed by atoms with Crippen LogP contribution in [0, 0.1) is 0 Å². The molecule has 0 atom stereocenters. The number of rotatable bonds is 0. The second kappa shape index (κ2) is 2.57. The molecule has 4 nitrogen and oxygen atoms in total. The van der Waals surface area contributed by atoms with Crippen LogP contribution >= 0.6 is 11.6 Å². The number of H-pyrrole nitrogens is 1. The van der Waals surface area contributed by atoms with Crippen LogP contribution in [0.1, 0.15) is 0 Å². The summed E-state index contributed by atoms with van der Waals surface area (Å²) in [6, 6.07) is 0. The topological polar surface area (TPSA) is 58.6 Å². The molecule has 0 aromatic carbocycles. The maximum Gasteiger partial charge on any atom is 0.259 e. The Morgan fingerprint density at radius 3 is 3.08 bits per heavy atom. The molecule has 2 aromatic rings. The van der Waals surface area contributed by atoms with Crippen LogP contribution in [-0.4, -0.2) is 15.0 Å². The summed E-state index contributed by atoms with van der Waals surface area (Å²) >= 11 is 5.77. The van der Waals surface area contributed by atoms with Crippen molar-refractivity contribution in [2.45, 2.75) is 0 Å². The third-order valence-electron chi connectivity index (χ3n) is 1.51. The first kappa shape index (κ1) is 7.24. The van der Waals surface area contributed by atoms with Gasteiger partial charge in [-0.3, -0.25) is 4.79 Å². The molecule has 0 radical (unpaired) electrons. The highest BCUT2D eigenvalue weighted by Crippen LogP contribution is 2.14. The Bertz CT molecular complexity index is 479. The smallest absolute Gasteiger partial charge is 0.259 e. The summed E-state index contributed by atoms with van der Waals surface area (Å²) in [6.07, 6.45) is 4.21. The highest BCUT2D eigenvalue weighted by molar-refractivity contribution is 6.34. The molecule has 2 heterocycles. The summed E-state index contributed by atoms with van der Waals surface area (Å²) in [5.74, 6) is 0. The van der Waals surface area contributed by atoms with E-state index in [-0.39, 0.29) is 5.56 Å². The van der Waals surface area contributed by atoms with Crippen molar-refractivity contribution in [2.24, 2.45) is 0 Å². The van der Waals surface area contributed by atoms with Crippen molar-refractivity contribution in [1.82, 2.24) is 15.0 Å². The van der Waals surface area contributed by atoms with Crippen LogP contribution in [0.4, 0.5) is 0 Å². The van der Waals surface area contributed by atoms with Gasteiger partial charge in [0, 0.05) is 12.4 Å². The van der Waals surface area contributed by atoms with Crippen molar-refractivity contribution >= 4 is 22.5 Å². The minimum atomic E-state index is -0.227. The monoisotopic (exact) mass is 181 g/mol. The van der Waals surface area contributed by atoms with Crippen molar-refractivity contribution in [2.75, 3.05) is 0 Å². The maximum atomic E-state index is 11.1. The molecule has 0 aliphatic rings. The zero-order valence-electron chi connectivity index (χ0n) is 5.91. The molecule has 0 saturated carbocycles. The Morgan fingerprint density at radius 2 is 2.33 bits per heavy atom. The largest absolute Gasteiger partial charge is 0.327 e. The van der Waals surface area contributed by atoms with Gasteiger partial charge in [0.25, 0.3) is 5.56 Å². The van der Waals surface area contributed by atoms with Crippen LogP contribution in [0.5, 0.6) is 0 Å². The number of fused-ring (bicyclic) bond motifs is 1. The number of nitrogens with one attached hydrogen (secondary N) is 1. The summed E-state index contributed by atoms with van der Waals surface area (Å²) in [5, 5.41) is 0.831. The molecule has 2 aromatic heterocycles. The molecule has 0 saturated heterocycles. The molecule has 1 N–H and O–H groups in total. The fourth-order valence-corrected chi connectivity index (χ4v) is 1.17. The van der Waals surface area contributed by atoms with Gasteiger partial charge in [-0.15, -0.1) is 0 Å². The molecule has 2 rings (SSSR count). The van der Waals surface area contributed by atoms with Crippen molar-refractivity contribution in [3.8, 4) is 0 Å². The fraction of sp³-hybridized carbons (Fsp3) is 0. The lowest BCUT2D eigenvalue weighted by Gasteiger charge is -1.95. The van der Waals surface area contributed by atoms with E-state index in [1.54, 1.807) is 0 Å². The van der Waals surface area contributed by atoms with Gasteiger partial charge in [-0.2, -0.15) is 0 Å². The summed E-state index contributed by atoms with van der Waals surface area (Å²) < 4.78 is 0. The van der Waals surface area contributed by atoms with Crippen LogP contribution in [0.25, 0.3) is 10.9 Å².